The zero-order valence-corrected chi connectivity index (χ0v) is 19.1. The molecule has 0 bridgehead atoms. The van der Waals surface area contributed by atoms with Crippen LogP contribution in [0.25, 0.3) is 5.69 Å². The van der Waals surface area contributed by atoms with Crippen molar-refractivity contribution in [2.24, 2.45) is 0 Å². The first-order valence-electron chi connectivity index (χ1n) is 10.6. The Morgan fingerprint density at radius 3 is 2.30 bits per heavy atom. The first kappa shape index (κ1) is 24.6. The second-order valence-corrected chi connectivity index (χ2v) is 8.08. The van der Waals surface area contributed by atoms with Crippen molar-refractivity contribution < 1.29 is 23.4 Å². The first-order valence-corrected chi connectivity index (χ1v) is 10.6. The molecule has 0 unspecified atom stereocenters. The van der Waals surface area contributed by atoms with Crippen molar-refractivity contribution in [2.75, 3.05) is 26.8 Å². The number of hydrogen-bond donors (Lipinski definition) is 1. The fourth-order valence-electron chi connectivity index (χ4n) is 3.37. The van der Waals surface area contributed by atoms with Crippen LogP contribution in [0.15, 0.2) is 61.2 Å². The molecular formula is C25H29F2N3O3. The Morgan fingerprint density at radius 1 is 1.12 bits per heavy atom. The molecule has 1 heterocycles. The highest BCUT2D eigenvalue weighted by molar-refractivity contribution is 5.43. The van der Waals surface area contributed by atoms with Crippen molar-refractivity contribution in [1.29, 1.82) is 0 Å². The largest absolute Gasteiger partial charge is 0.439 e. The van der Waals surface area contributed by atoms with Crippen LogP contribution in [0, 0.1) is 18.6 Å². The van der Waals surface area contributed by atoms with Crippen molar-refractivity contribution in [2.45, 2.75) is 26.0 Å². The Hall–Kier alpha value is -3.07. The first-order chi connectivity index (χ1) is 15.7. The van der Waals surface area contributed by atoms with Gasteiger partial charge in [0.05, 0.1) is 29.2 Å². The number of aliphatic hydroxyl groups is 1. The fourth-order valence-corrected chi connectivity index (χ4v) is 3.37. The van der Waals surface area contributed by atoms with Gasteiger partial charge < -0.3 is 14.6 Å². The highest BCUT2D eigenvalue weighted by Gasteiger charge is 2.25. The predicted molar refractivity (Wildman–Crippen MR) is 123 cm³/mol. The maximum Gasteiger partial charge on any atom is 0.227 e. The summed E-state index contributed by atoms with van der Waals surface area (Å²) in [5, 5.41) is 15.2. The third-order valence-electron chi connectivity index (χ3n) is 5.21. The molecule has 8 heteroatoms. The molecule has 3 aromatic rings. The van der Waals surface area contributed by atoms with Gasteiger partial charge in [-0.1, -0.05) is 6.08 Å². The lowest BCUT2D eigenvalue weighted by Gasteiger charge is -2.29. The van der Waals surface area contributed by atoms with Crippen LogP contribution in [0.2, 0.25) is 0 Å². The zero-order valence-electron chi connectivity index (χ0n) is 19.1. The number of aryl methyl sites for hydroxylation is 1. The van der Waals surface area contributed by atoms with Gasteiger partial charge in [-0.2, -0.15) is 5.10 Å². The molecule has 1 aromatic heterocycles. The van der Waals surface area contributed by atoms with Gasteiger partial charge in [-0.05, 0) is 62.4 Å². The number of rotatable bonds is 11. The van der Waals surface area contributed by atoms with Gasteiger partial charge in [0, 0.05) is 26.7 Å². The summed E-state index contributed by atoms with van der Waals surface area (Å²) in [6.07, 6.45) is 1.50. The number of methoxy groups -OCH3 is 1. The van der Waals surface area contributed by atoms with E-state index in [0.29, 0.717) is 49.3 Å². The number of hydrogen-bond acceptors (Lipinski definition) is 5. The van der Waals surface area contributed by atoms with Crippen molar-refractivity contribution in [3.05, 3.63) is 84.1 Å². The van der Waals surface area contributed by atoms with E-state index in [2.05, 4.69) is 11.7 Å². The highest BCUT2D eigenvalue weighted by atomic mass is 19.1. The van der Waals surface area contributed by atoms with Crippen molar-refractivity contribution in [1.82, 2.24) is 14.7 Å². The molecule has 0 fully saturated rings. The molecular weight excluding hydrogens is 428 g/mol. The normalized spacial score (nSPS) is 13.2. The molecule has 2 aromatic carbocycles. The van der Waals surface area contributed by atoms with E-state index in [1.807, 2.05) is 11.8 Å². The Morgan fingerprint density at radius 2 is 1.73 bits per heavy atom. The molecule has 0 radical (unpaired) electrons. The van der Waals surface area contributed by atoms with E-state index < -0.39 is 5.60 Å². The Kier molecular flexibility index (Phi) is 7.97. The Balaban J connectivity index is 2.03. The number of ether oxygens (including phenoxy) is 2. The quantitative estimate of drug-likeness (QED) is 0.425. The SMILES string of the molecule is C=C[C@](C)(O)CN(CCOC)Cc1c(C)nn(-c2ccc(F)cc2)c1Oc1ccc(F)cc1. The smallest absolute Gasteiger partial charge is 0.227 e. The maximum absolute atomic E-state index is 13.5. The lowest BCUT2D eigenvalue weighted by molar-refractivity contribution is 0.0462. The molecule has 0 aliphatic rings. The predicted octanol–water partition coefficient (Wildman–Crippen LogP) is 4.64. The van der Waals surface area contributed by atoms with Crippen LogP contribution in [-0.2, 0) is 11.3 Å². The summed E-state index contributed by atoms with van der Waals surface area (Å²) < 4.78 is 39.9. The molecule has 3 rings (SSSR count). The van der Waals surface area contributed by atoms with Gasteiger partial charge in [-0.3, -0.25) is 4.90 Å². The van der Waals surface area contributed by atoms with Crippen molar-refractivity contribution in [3.8, 4) is 17.3 Å². The number of benzene rings is 2. The van der Waals surface area contributed by atoms with Gasteiger partial charge in [-0.15, -0.1) is 6.58 Å². The molecule has 0 amide bonds. The summed E-state index contributed by atoms with van der Waals surface area (Å²) in [5.41, 5.74) is 0.994. The van der Waals surface area contributed by atoms with Gasteiger partial charge >= 0.3 is 0 Å². The average Bonchev–Trinajstić information content (AvgIpc) is 3.09. The molecule has 33 heavy (non-hydrogen) atoms. The van der Waals surface area contributed by atoms with E-state index in [-0.39, 0.29) is 11.6 Å². The maximum atomic E-state index is 13.5. The van der Waals surface area contributed by atoms with Crippen LogP contribution in [-0.4, -0.2) is 52.2 Å². The van der Waals surface area contributed by atoms with E-state index in [9.17, 15) is 13.9 Å². The molecule has 0 aliphatic heterocycles. The lowest BCUT2D eigenvalue weighted by atomic mass is 10.1. The van der Waals surface area contributed by atoms with E-state index >= 15 is 0 Å². The molecule has 0 aliphatic carbocycles. The summed E-state index contributed by atoms with van der Waals surface area (Å²) in [7, 11) is 1.62. The third-order valence-corrected chi connectivity index (χ3v) is 5.21. The monoisotopic (exact) mass is 457 g/mol. The Bertz CT molecular complexity index is 1060. The van der Waals surface area contributed by atoms with Gasteiger partial charge in [0.25, 0.3) is 0 Å². The molecule has 1 N–H and O–H groups in total. The third kappa shape index (κ3) is 6.47. The van der Waals surface area contributed by atoms with Crippen LogP contribution in [0.4, 0.5) is 8.78 Å². The topological polar surface area (TPSA) is 59.8 Å². The van der Waals surface area contributed by atoms with Gasteiger partial charge in [-0.25, -0.2) is 13.5 Å². The van der Waals surface area contributed by atoms with Crippen LogP contribution in [0.1, 0.15) is 18.2 Å². The minimum Gasteiger partial charge on any atom is -0.439 e. The number of halogens is 2. The fraction of sp³-hybridized carbons (Fsp3) is 0.320. The van der Waals surface area contributed by atoms with Crippen molar-refractivity contribution >= 4 is 0 Å². The second kappa shape index (κ2) is 10.7. The van der Waals surface area contributed by atoms with Crippen LogP contribution < -0.4 is 4.74 Å². The molecule has 0 saturated carbocycles. The highest BCUT2D eigenvalue weighted by Crippen LogP contribution is 2.32. The van der Waals surface area contributed by atoms with Gasteiger partial charge in [0.15, 0.2) is 0 Å². The number of nitrogens with zero attached hydrogens (tertiary/aromatic N) is 3. The summed E-state index contributed by atoms with van der Waals surface area (Å²) in [5.74, 6) is 0.123. The van der Waals surface area contributed by atoms with Crippen LogP contribution in [0.5, 0.6) is 11.6 Å². The average molecular weight is 458 g/mol. The number of aromatic nitrogens is 2. The zero-order chi connectivity index (χ0) is 24.0. The van der Waals surface area contributed by atoms with Gasteiger partial charge in [0.2, 0.25) is 5.88 Å². The minimum absolute atomic E-state index is 0.316. The second-order valence-electron chi connectivity index (χ2n) is 8.08. The van der Waals surface area contributed by atoms with Gasteiger partial charge in [0.1, 0.15) is 17.4 Å². The van der Waals surface area contributed by atoms with Crippen LogP contribution in [0.3, 0.4) is 0 Å². The minimum atomic E-state index is -1.10. The van der Waals surface area contributed by atoms with E-state index in [1.54, 1.807) is 30.8 Å². The molecule has 0 saturated heterocycles. The standard InChI is InChI=1S/C25H29F2N3O3/c1-5-25(3,31)17-29(14-15-32-4)16-23-18(2)28-30(21-10-6-19(26)7-11-21)24(23)33-22-12-8-20(27)9-13-22/h5-13,31H,1,14-17H2,2-4H3/t25-/m0/s1. The Labute approximate surface area is 192 Å². The lowest BCUT2D eigenvalue weighted by Crippen LogP contribution is -2.40. The van der Waals surface area contributed by atoms with Crippen LogP contribution >= 0.6 is 0 Å². The summed E-state index contributed by atoms with van der Waals surface area (Å²) in [6.45, 7) is 8.98. The van der Waals surface area contributed by atoms with E-state index in [4.69, 9.17) is 9.47 Å². The molecule has 1 atom stereocenters. The molecule has 6 nitrogen and oxygen atoms in total. The summed E-state index contributed by atoms with van der Waals surface area (Å²) in [6, 6.07) is 11.6. The van der Waals surface area contributed by atoms with E-state index in [1.165, 1.54) is 42.5 Å². The van der Waals surface area contributed by atoms with Crippen molar-refractivity contribution in [3.63, 3.8) is 0 Å². The summed E-state index contributed by atoms with van der Waals surface area (Å²) in [4.78, 5) is 2.02. The summed E-state index contributed by atoms with van der Waals surface area (Å²) >= 11 is 0. The molecule has 0 spiro atoms. The van der Waals surface area contributed by atoms with E-state index in [0.717, 1.165) is 5.56 Å². The molecule has 176 valence electrons.